The van der Waals surface area contributed by atoms with Crippen LogP contribution >= 0.6 is 31.9 Å². The SMILES string of the molecule is Cc1cccc(CN(C)C(=O)c2cc(Br)ccc2Br)n1. The molecule has 0 saturated heterocycles. The molecule has 2 aromatic rings. The normalized spacial score (nSPS) is 10.4. The van der Waals surface area contributed by atoms with Crippen LogP contribution in [-0.4, -0.2) is 22.8 Å². The van der Waals surface area contributed by atoms with Crippen molar-refractivity contribution in [2.75, 3.05) is 7.05 Å². The van der Waals surface area contributed by atoms with Gasteiger partial charge in [-0.25, -0.2) is 0 Å². The van der Waals surface area contributed by atoms with Crippen molar-refractivity contribution < 1.29 is 4.79 Å². The van der Waals surface area contributed by atoms with Crippen molar-refractivity contribution in [3.8, 4) is 0 Å². The molecule has 0 radical (unpaired) electrons. The Morgan fingerprint density at radius 1 is 1.25 bits per heavy atom. The average molecular weight is 398 g/mol. The number of benzene rings is 1. The van der Waals surface area contributed by atoms with E-state index in [0.29, 0.717) is 12.1 Å². The van der Waals surface area contributed by atoms with Crippen LogP contribution in [0.3, 0.4) is 0 Å². The Hall–Kier alpha value is -1.20. The van der Waals surface area contributed by atoms with Crippen molar-refractivity contribution in [1.82, 2.24) is 9.88 Å². The van der Waals surface area contributed by atoms with Gasteiger partial charge < -0.3 is 4.90 Å². The Labute approximate surface area is 135 Å². The molecule has 0 unspecified atom stereocenters. The highest BCUT2D eigenvalue weighted by molar-refractivity contribution is 9.11. The van der Waals surface area contributed by atoms with E-state index in [1.807, 2.05) is 43.3 Å². The lowest BCUT2D eigenvalue weighted by atomic mass is 10.2. The van der Waals surface area contributed by atoms with E-state index >= 15 is 0 Å². The van der Waals surface area contributed by atoms with Crippen LogP contribution in [0.25, 0.3) is 0 Å². The first-order valence-electron chi connectivity index (χ1n) is 6.10. The maximum absolute atomic E-state index is 12.5. The largest absolute Gasteiger partial charge is 0.336 e. The number of carbonyl (C=O) groups excluding carboxylic acids is 1. The molecule has 0 aliphatic rings. The number of hydrogen-bond acceptors (Lipinski definition) is 2. The second-order valence-corrected chi connectivity index (χ2v) is 6.33. The summed E-state index contributed by atoms with van der Waals surface area (Å²) in [7, 11) is 1.78. The molecule has 3 nitrogen and oxygen atoms in total. The van der Waals surface area contributed by atoms with E-state index in [-0.39, 0.29) is 5.91 Å². The topological polar surface area (TPSA) is 33.2 Å². The van der Waals surface area contributed by atoms with Gasteiger partial charge in [0.1, 0.15) is 0 Å². The Morgan fingerprint density at radius 3 is 2.70 bits per heavy atom. The zero-order valence-corrected chi connectivity index (χ0v) is 14.4. The van der Waals surface area contributed by atoms with Gasteiger partial charge in [-0.05, 0) is 53.2 Å². The molecule has 0 atom stereocenters. The number of amides is 1. The number of carbonyl (C=O) groups is 1. The smallest absolute Gasteiger partial charge is 0.255 e. The van der Waals surface area contributed by atoms with Gasteiger partial charge in [-0.3, -0.25) is 9.78 Å². The van der Waals surface area contributed by atoms with Crippen molar-refractivity contribution >= 4 is 37.8 Å². The lowest BCUT2D eigenvalue weighted by Gasteiger charge is -2.18. The molecule has 2 rings (SSSR count). The summed E-state index contributed by atoms with van der Waals surface area (Å²) in [6.07, 6.45) is 0. The first kappa shape index (κ1) is 15.2. The van der Waals surface area contributed by atoms with Crippen LogP contribution in [0.2, 0.25) is 0 Å². The van der Waals surface area contributed by atoms with Gasteiger partial charge >= 0.3 is 0 Å². The van der Waals surface area contributed by atoms with Gasteiger partial charge in [0.25, 0.3) is 5.91 Å². The van der Waals surface area contributed by atoms with Crippen LogP contribution in [-0.2, 0) is 6.54 Å². The number of rotatable bonds is 3. The molecule has 20 heavy (non-hydrogen) atoms. The minimum absolute atomic E-state index is 0.0403. The van der Waals surface area contributed by atoms with Crippen molar-refractivity contribution in [3.63, 3.8) is 0 Å². The summed E-state index contributed by atoms with van der Waals surface area (Å²) in [6, 6.07) is 11.4. The molecule has 0 spiro atoms. The van der Waals surface area contributed by atoms with Gasteiger partial charge in [-0.2, -0.15) is 0 Å². The average Bonchev–Trinajstić information content (AvgIpc) is 2.40. The standard InChI is InChI=1S/C15H14Br2N2O/c1-10-4-3-5-12(18-10)9-19(2)15(20)13-8-11(16)6-7-14(13)17/h3-8H,9H2,1-2H3. The predicted molar refractivity (Wildman–Crippen MR) is 86.6 cm³/mol. The van der Waals surface area contributed by atoms with Gasteiger partial charge in [0, 0.05) is 21.7 Å². The van der Waals surface area contributed by atoms with E-state index in [1.54, 1.807) is 11.9 Å². The lowest BCUT2D eigenvalue weighted by Crippen LogP contribution is -2.27. The van der Waals surface area contributed by atoms with Gasteiger partial charge in [0.05, 0.1) is 17.8 Å². The zero-order valence-electron chi connectivity index (χ0n) is 11.2. The van der Waals surface area contributed by atoms with E-state index in [9.17, 15) is 4.79 Å². The third-order valence-corrected chi connectivity index (χ3v) is 4.04. The highest BCUT2D eigenvalue weighted by Gasteiger charge is 2.16. The van der Waals surface area contributed by atoms with Crippen LogP contribution in [0.1, 0.15) is 21.7 Å². The summed E-state index contributed by atoms with van der Waals surface area (Å²) < 4.78 is 1.67. The second-order valence-electron chi connectivity index (χ2n) is 4.56. The summed E-state index contributed by atoms with van der Waals surface area (Å²) in [4.78, 5) is 18.5. The molecule has 0 saturated carbocycles. The summed E-state index contributed by atoms with van der Waals surface area (Å²) >= 11 is 6.80. The fourth-order valence-corrected chi connectivity index (χ4v) is 2.65. The van der Waals surface area contributed by atoms with E-state index in [1.165, 1.54) is 0 Å². The second kappa shape index (κ2) is 6.50. The van der Waals surface area contributed by atoms with E-state index in [4.69, 9.17) is 0 Å². The van der Waals surface area contributed by atoms with Gasteiger partial charge in [-0.15, -0.1) is 0 Å². The van der Waals surface area contributed by atoms with Crippen LogP contribution in [0.15, 0.2) is 45.3 Å². The lowest BCUT2D eigenvalue weighted by molar-refractivity contribution is 0.0782. The van der Waals surface area contributed by atoms with Crippen LogP contribution < -0.4 is 0 Å². The van der Waals surface area contributed by atoms with Crippen molar-refractivity contribution in [2.45, 2.75) is 13.5 Å². The van der Waals surface area contributed by atoms with E-state index < -0.39 is 0 Å². The maximum atomic E-state index is 12.5. The fourth-order valence-electron chi connectivity index (χ4n) is 1.87. The van der Waals surface area contributed by atoms with Crippen LogP contribution in [0, 0.1) is 6.92 Å². The molecule has 104 valence electrons. The Kier molecular flexibility index (Phi) is 4.94. The quantitative estimate of drug-likeness (QED) is 0.777. The summed E-state index contributed by atoms with van der Waals surface area (Å²) in [5.74, 6) is -0.0403. The zero-order chi connectivity index (χ0) is 14.7. The van der Waals surface area contributed by atoms with Crippen molar-refractivity contribution in [1.29, 1.82) is 0 Å². The molecule has 1 aromatic heterocycles. The molecule has 1 amide bonds. The molecular formula is C15H14Br2N2O. The highest BCUT2D eigenvalue weighted by Crippen LogP contribution is 2.23. The number of hydrogen-bond donors (Lipinski definition) is 0. The van der Waals surface area contributed by atoms with E-state index in [0.717, 1.165) is 20.3 Å². The Morgan fingerprint density at radius 2 is 2.00 bits per heavy atom. The maximum Gasteiger partial charge on any atom is 0.255 e. The summed E-state index contributed by atoms with van der Waals surface area (Å²) in [5.41, 5.74) is 2.47. The molecule has 0 aliphatic heterocycles. The Balaban J connectivity index is 2.18. The molecule has 1 aromatic carbocycles. The molecule has 0 aliphatic carbocycles. The van der Waals surface area contributed by atoms with Crippen molar-refractivity contribution in [3.05, 3.63) is 62.3 Å². The summed E-state index contributed by atoms with van der Waals surface area (Å²) in [5, 5.41) is 0. The number of aryl methyl sites for hydroxylation is 1. The van der Waals surface area contributed by atoms with Crippen LogP contribution in [0.4, 0.5) is 0 Å². The monoisotopic (exact) mass is 396 g/mol. The van der Waals surface area contributed by atoms with Gasteiger partial charge in [0.2, 0.25) is 0 Å². The molecule has 0 fully saturated rings. The molecule has 1 heterocycles. The number of nitrogens with zero attached hydrogens (tertiary/aromatic N) is 2. The molecule has 0 N–H and O–H groups in total. The minimum atomic E-state index is -0.0403. The first-order chi connectivity index (χ1) is 9.47. The molecular weight excluding hydrogens is 384 g/mol. The number of halogens is 2. The van der Waals surface area contributed by atoms with Gasteiger partial charge in [0.15, 0.2) is 0 Å². The highest BCUT2D eigenvalue weighted by atomic mass is 79.9. The van der Waals surface area contributed by atoms with Gasteiger partial charge in [-0.1, -0.05) is 22.0 Å². The first-order valence-corrected chi connectivity index (χ1v) is 7.69. The molecule has 5 heteroatoms. The third-order valence-electron chi connectivity index (χ3n) is 2.85. The van der Waals surface area contributed by atoms with Crippen molar-refractivity contribution in [2.24, 2.45) is 0 Å². The molecule has 0 bridgehead atoms. The van der Waals surface area contributed by atoms with E-state index in [2.05, 4.69) is 36.8 Å². The van der Waals surface area contributed by atoms with Crippen LogP contribution in [0.5, 0.6) is 0 Å². The number of aromatic nitrogens is 1. The predicted octanol–water partition coefficient (Wildman–Crippen LogP) is 4.19. The number of pyridine rings is 1. The minimum Gasteiger partial charge on any atom is -0.336 e. The Bertz CT molecular complexity index is 644. The summed E-state index contributed by atoms with van der Waals surface area (Å²) in [6.45, 7) is 2.43. The fraction of sp³-hybridized carbons (Fsp3) is 0.200. The third kappa shape index (κ3) is 3.67.